The van der Waals surface area contributed by atoms with Gasteiger partial charge in [-0.15, -0.1) is 0 Å². The van der Waals surface area contributed by atoms with E-state index in [4.69, 9.17) is 4.74 Å². The molecule has 2 N–H and O–H groups in total. The van der Waals surface area contributed by atoms with E-state index in [0.29, 0.717) is 6.54 Å². The molecule has 2 aromatic rings. The average molecular weight is 327 g/mol. The normalized spacial score (nSPS) is 11.6. The summed E-state index contributed by atoms with van der Waals surface area (Å²) in [5, 5.41) is 12.5. The van der Waals surface area contributed by atoms with Crippen LogP contribution in [0.2, 0.25) is 0 Å². The van der Waals surface area contributed by atoms with Gasteiger partial charge in [-0.3, -0.25) is 4.79 Å². The first kappa shape index (κ1) is 17.5. The number of hydrogen-bond donors (Lipinski definition) is 2. The van der Waals surface area contributed by atoms with E-state index in [2.05, 4.69) is 5.32 Å². The number of phenols is 1. The van der Waals surface area contributed by atoms with Crippen molar-refractivity contribution >= 4 is 11.9 Å². The number of aromatic hydroxyl groups is 1. The first-order chi connectivity index (χ1) is 11.4. The summed E-state index contributed by atoms with van der Waals surface area (Å²) in [5.41, 5.74) is 2.97. The first-order valence-corrected chi connectivity index (χ1v) is 7.70. The lowest BCUT2D eigenvalue weighted by molar-refractivity contribution is -0.129. The molecule has 0 saturated carbocycles. The third-order valence-corrected chi connectivity index (χ3v) is 3.61. The summed E-state index contributed by atoms with van der Waals surface area (Å²) in [6.07, 6.45) is -0.956. The number of amides is 1. The number of aryl methyl sites for hydroxylation is 2. The molecule has 0 bridgehead atoms. The van der Waals surface area contributed by atoms with Crippen LogP contribution < -0.4 is 5.32 Å². The molecule has 2 rings (SSSR count). The summed E-state index contributed by atoms with van der Waals surface area (Å²) in [7, 11) is 0. The standard InChI is InChI=1S/C19H21NO4/c1-12-4-7-15(8-5-12)11-20-18(22)14(3)24-19(23)16-10-13(2)6-9-17(16)21/h4-10,14,21H,11H2,1-3H3,(H,20,22)/t14-/m1/s1. The van der Waals surface area contributed by atoms with Crippen LogP contribution in [0.4, 0.5) is 0 Å². The first-order valence-electron chi connectivity index (χ1n) is 7.70. The monoisotopic (exact) mass is 327 g/mol. The van der Waals surface area contributed by atoms with E-state index in [9.17, 15) is 14.7 Å². The lowest BCUT2D eigenvalue weighted by Crippen LogP contribution is -2.35. The van der Waals surface area contributed by atoms with E-state index in [-0.39, 0.29) is 11.3 Å². The highest BCUT2D eigenvalue weighted by atomic mass is 16.5. The molecule has 0 aliphatic carbocycles. The highest BCUT2D eigenvalue weighted by molar-refractivity contribution is 5.94. The Labute approximate surface area is 141 Å². The maximum absolute atomic E-state index is 12.1. The Balaban J connectivity index is 1.92. The second-order valence-electron chi connectivity index (χ2n) is 5.77. The Morgan fingerprint density at radius 2 is 1.71 bits per heavy atom. The molecular formula is C19H21NO4. The third kappa shape index (κ3) is 4.59. The van der Waals surface area contributed by atoms with Gasteiger partial charge in [0, 0.05) is 6.54 Å². The maximum Gasteiger partial charge on any atom is 0.342 e. The van der Waals surface area contributed by atoms with Crippen molar-refractivity contribution in [1.29, 1.82) is 0 Å². The van der Waals surface area contributed by atoms with Crippen LogP contribution in [0.25, 0.3) is 0 Å². The Kier molecular flexibility index (Phi) is 5.58. The van der Waals surface area contributed by atoms with Crippen LogP contribution in [0.15, 0.2) is 42.5 Å². The second-order valence-corrected chi connectivity index (χ2v) is 5.77. The SMILES string of the molecule is Cc1ccc(CNC(=O)[C@@H](C)OC(=O)c2cc(C)ccc2O)cc1. The molecule has 0 radical (unpaired) electrons. The predicted molar refractivity (Wildman–Crippen MR) is 90.7 cm³/mol. The summed E-state index contributed by atoms with van der Waals surface area (Å²) in [6, 6.07) is 12.4. The van der Waals surface area contributed by atoms with Gasteiger partial charge in [0.05, 0.1) is 0 Å². The van der Waals surface area contributed by atoms with Crippen molar-refractivity contribution in [3.05, 3.63) is 64.7 Å². The predicted octanol–water partition coefficient (Wildman–Crippen LogP) is 2.87. The molecule has 5 nitrogen and oxygen atoms in total. The van der Waals surface area contributed by atoms with Crippen LogP contribution in [-0.4, -0.2) is 23.1 Å². The quantitative estimate of drug-likeness (QED) is 0.828. The maximum atomic E-state index is 12.1. The molecule has 0 unspecified atom stereocenters. The van der Waals surface area contributed by atoms with Gasteiger partial charge in [-0.1, -0.05) is 41.5 Å². The van der Waals surface area contributed by atoms with Crippen molar-refractivity contribution in [2.45, 2.75) is 33.4 Å². The highest BCUT2D eigenvalue weighted by Crippen LogP contribution is 2.19. The van der Waals surface area contributed by atoms with Crippen LogP contribution in [0.3, 0.4) is 0 Å². The Bertz CT molecular complexity index is 738. The molecule has 2 aromatic carbocycles. The number of carbonyl (C=O) groups is 2. The number of phenolic OH excluding ortho intramolecular Hbond substituents is 1. The van der Waals surface area contributed by atoms with Crippen molar-refractivity contribution in [1.82, 2.24) is 5.32 Å². The number of esters is 1. The lowest BCUT2D eigenvalue weighted by atomic mass is 10.1. The minimum absolute atomic E-state index is 0.0492. The largest absolute Gasteiger partial charge is 0.507 e. The molecular weight excluding hydrogens is 306 g/mol. The van der Waals surface area contributed by atoms with Gasteiger partial charge in [0.25, 0.3) is 5.91 Å². The molecule has 0 aliphatic rings. The van der Waals surface area contributed by atoms with Gasteiger partial charge in [0.1, 0.15) is 11.3 Å². The number of rotatable bonds is 5. The lowest BCUT2D eigenvalue weighted by Gasteiger charge is -2.14. The molecule has 0 spiro atoms. The molecule has 0 heterocycles. The van der Waals surface area contributed by atoms with Gasteiger partial charge in [-0.05, 0) is 38.5 Å². The Hall–Kier alpha value is -2.82. The minimum atomic E-state index is -0.956. The van der Waals surface area contributed by atoms with E-state index < -0.39 is 18.0 Å². The fourth-order valence-electron chi connectivity index (χ4n) is 2.13. The van der Waals surface area contributed by atoms with E-state index in [1.807, 2.05) is 31.2 Å². The van der Waals surface area contributed by atoms with Crippen LogP contribution in [-0.2, 0) is 16.1 Å². The van der Waals surface area contributed by atoms with Gasteiger partial charge in [-0.2, -0.15) is 0 Å². The molecule has 1 atom stereocenters. The van der Waals surface area contributed by atoms with Crippen molar-refractivity contribution in [3.8, 4) is 5.75 Å². The van der Waals surface area contributed by atoms with Crippen LogP contribution in [0.5, 0.6) is 5.75 Å². The van der Waals surface area contributed by atoms with E-state index in [1.54, 1.807) is 13.0 Å². The van der Waals surface area contributed by atoms with Gasteiger partial charge < -0.3 is 15.2 Å². The number of ether oxygens (including phenoxy) is 1. The van der Waals surface area contributed by atoms with Crippen LogP contribution in [0, 0.1) is 13.8 Å². The zero-order valence-electron chi connectivity index (χ0n) is 14.0. The zero-order valence-corrected chi connectivity index (χ0v) is 14.0. The van der Waals surface area contributed by atoms with Crippen molar-refractivity contribution in [2.24, 2.45) is 0 Å². The molecule has 0 fully saturated rings. The van der Waals surface area contributed by atoms with Gasteiger partial charge in [0.2, 0.25) is 0 Å². The van der Waals surface area contributed by atoms with Crippen LogP contribution in [0.1, 0.15) is 34.0 Å². The van der Waals surface area contributed by atoms with Crippen LogP contribution >= 0.6 is 0 Å². The number of hydrogen-bond acceptors (Lipinski definition) is 4. The highest BCUT2D eigenvalue weighted by Gasteiger charge is 2.20. The van der Waals surface area contributed by atoms with Gasteiger partial charge >= 0.3 is 5.97 Å². The Morgan fingerprint density at radius 3 is 2.38 bits per heavy atom. The summed E-state index contributed by atoms with van der Waals surface area (Å²) < 4.78 is 5.13. The molecule has 0 aliphatic heterocycles. The fourth-order valence-corrected chi connectivity index (χ4v) is 2.13. The smallest absolute Gasteiger partial charge is 0.342 e. The summed E-state index contributed by atoms with van der Waals surface area (Å²) in [6.45, 7) is 5.64. The summed E-state index contributed by atoms with van der Waals surface area (Å²) in [5.74, 6) is -1.29. The van der Waals surface area contributed by atoms with Crippen molar-refractivity contribution in [2.75, 3.05) is 0 Å². The number of carbonyl (C=O) groups excluding carboxylic acids is 2. The molecule has 5 heteroatoms. The van der Waals surface area contributed by atoms with Crippen molar-refractivity contribution in [3.63, 3.8) is 0 Å². The van der Waals surface area contributed by atoms with E-state index >= 15 is 0 Å². The number of nitrogens with one attached hydrogen (secondary N) is 1. The molecule has 1 amide bonds. The second kappa shape index (κ2) is 7.64. The number of benzene rings is 2. The summed E-state index contributed by atoms with van der Waals surface area (Å²) in [4.78, 5) is 24.1. The van der Waals surface area contributed by atoms with Gasteiger partial charge in [0.15, 0.2) is 6.10 Å². The third-order valence-electron chi connectivity index (χ3n) is 3.61. The fraction of sp³-hybridized carbons (Fsp3) is 0.263. The molecule has 0 aromatic heterocycles. The molecule has 0 saturated heterocycles. The molecule has 24 heavy (non-hydrogen) atoms. The van der Waals surface area contributed by atoms with Gasteiger partial charge in [-0.25, -0.2) is 4.79 Å². The van der Waals surface area contributed by atoms with Crippen molar-refractivity contribution < 1.29 is 19.4 Å². The molecule has 126 valence electrons. The topological polar surface area (TPSA) is 75.6 Å². The average Bonchev–Trinajstić information content (AvgIpc) is 2.56. The minimum Gasteiger partial charge on any atom is -0.507 e. The zero-order chi connectivity index (χ0) is 17.7. The van der Waals surface area contributed by atoms with E-state index in [1.165, 1.54) is 19.1 Å². The Morgan fingerprint density at radius 1 is 1.08 bits per heavy atom. The van der Waals surface area contributed by atoms with E-state index in [0.717, 1.165) is 16.7 Å². The summed E-state index contributed by atoms with van der Waals surface area (Å²) >= 11 is 0.